The third kappa shape index (κ3) is 7.46. The van der Waals surface area contributed by atoms with Crippen molar-refractivity contribution in [2.45, 2.75) is 27.2 Å². The molecule has 0 atom stereocenters. The van der Waals surface area contributed by atoms with Crippen LogP contribution >= 0.6 is 0 Å². The first-order valence-electron chi connectivity index (χ1n) is 8.59. The van der Waals surface area contributed by atoms with Crippen LogP contribution in [0.2, 0.25) is 0 Å². The second-order valence-electron chi connectivity index (χ2n) is 5.37. The number of carbonyl (C=O) groups is 2. The molecule has 6 heteroatoms. The third-order valence-electron chi connectivity index (χ3n) is 3.78. The van der Waals surface area contributed by atoms with Gasteiger partial charge in [0, 0.05) is 25.3 Å². The zero-order chi connectivity index (χ0) is 17.8. The van der Waals surface area contributed by atoms with Gasteiger partial charge in [-0.15, -0.1) is 0 Å². The lowest BCUT2D eigenvalue weighted by Crippen LogP contribution is -2.42. The molecule has 0 saturated carbocycles. The van der Waals surface area contributed by atoms with E-state index in [2.05, 4.69) is 24.1 Å². The van der Waals surface area contributed by atoms with Gasteiger partial charge in [-0.3, -0.25) is 4.79 Å². The van der Waals surface area contributed by atoms with E-state index in [-0.39, 0.29) is 18.4 Å². The number of benzene rings is 1. The minimum absolute atomic E-state index is 0.197. The summed E-state index contributed by atoms with van der Waals surface area (Å²) in [6, 6.07) is 9.12. The maximum absolute atomic E-state index is 12.5. The van der Waals surface area contributed by atoms with Gasteiger partial charge < -0.3 is 19.9 Å². The quantitative estimate of drug-likeness (QED) is 0.668. The Kier molecular flexibility index (Phi) is 9.53. The molecule has 0 saturated heterocycles. The maximum Gasteiger partial charge on any atom is 0.321 e. The minimum Gasteiger partial charge on any atom is -0.466 e. The lowest BCUT2D eigenvalue weighted by atomic mass is 10.3. The van der Waals surface area contributed by atoms with Gasteiger partial charge in [-0.25, -0.2) is 4.79 Å². The highest BCUT2D eigenvalue weighted by Gasteiger charge is 2.16. The van der Waals surface area contributed by atoms with Gasteiger partial charge in [0.05, 0.1) is 13.0 Å². The molecule has 0 heterocycles. The fourth-order valence-electron chi connectivity index (χ4n) is 2.30. The largest absolute Gasteiger partial charge is 0.466 e. The lowest BCUT2D eigenvalue weighted by Gasteiger charge is -2.26. The standard InChI is InChI=1S/C18H29N3O3/c1-4-20(5-2)14-15-21(13-12-17(22)24-6-3)18(23)19-16-10-8-7-9-11-16/h7-11H,4-6,12-15H2,1-3H3,(H,19,23). The first kappa shape index (κ1) is 20.0. The van der Waals surface area contributed by atoms with Crippen LogP contribution < -0.4 is 5.32 Å². The Labute approximate surface area is 144 Å². The summed E-state index contributed by atoms with van der Waals surface area (Å²) in [6.45, 7) is 9.88. The molecule has 0 bridgehead atoms. The Hall–Kier alpha value is -2.08. The highest BCUT2D eigenvalue weighted by molar-refractivity contribution is 5.89. The number of rotatable bonds is 10. The average Bonchev–Trinajstić information content (AvgIpc) is 2.59. The number of esters is 1. The summed E-state index contributed by atoms with van der Waals surface area (Å²) in [7, 11) is 0. The molecule has 134 valence electrons. The van der Waals surface area contributed by atoms with Gasteiger partial charge in [-0.05, 0) is 32.1 Å². The van der Waals surface area contributed by atoms with Crippen molar-refractivity contribution in [3.05, 3.63) is 30.3 Å². The molecule has 0 aromatic heterocycles. The highest BCUT2D eigenvalue weighted by Crippen LogP contribution is 2.07. The summed E-state index contributed by atoms with van der Waals surface area (Å²) >= 11 is 0. The second-order valence-corrected chi connectivity index (χ2v) is 5.37. The summed E-state index contributed by atoms with van der Waals surface area (Å²) in [4.78, 5) is 28.0. The van der Waals surface area contributed by atoms with E-state index in [1.54, 1.807) is 11.8 Å². The van der Waals surface area contributed by atoms with E-state index in [4.69, 9.17) is 4.74 Å². The number of carbonyl (C=O) groups excluding carboxylic acids is 2. The molecule has 0 radical (unpaired) electrons. The number of hydrogen-bond donors (Lipinski definition) is 1. The molecular formula is C18H29N3O3. The molecule has 0 unspecified atom stereocenters. The molecule has 0 fully saturated rings. The van der Waals surface area contributed by atoms with Crippen LogP contribution in [0.5, 0.6) is 0 Å². The predicted molar refractivity (Wildman–Crippen MR) is 96.1 cm³/mol. The smallest absolute Gasteiger partial charge is 0.321 e. The van der Waals surface area contributed by atoms with E-state index in [0.717, 1.165) is 25.3 Å². The van der Waals surface area contributed by atoms with Crippen LogP contribution in [0.15, 0.2) is 30.3 Å². The van der Waals surface area contributed by atoms with Crippen LogP contribution in [0.3, 0.4) is 0 Å². The van der Waals surface area contributed by atoms with Crippen molar-refractivity contribution in [3.63, 3.8) is 0 Å². The minimum atomic E-state index is -0.280. The van der Waals surface area contributed by atoms with Crippen LogP contribution in [0.4, 0.5) is 10.5 Å². The third-order valence-corrected chi connectivity index (χ3v) is 3.78. The van der Waals surface area contributed by atoms with E-state index in [9.17, 15) is 9.59 Å². The van der Waals surface area contributed by atoms with Crippen molar-refractivity contribution in [2.24, 2.45) is 0 Å². The zero-order valence-electron chi connectivity index (χ0n) is 15.0. The molecule has 6 nitrogen and oxygen atoms in total. The summed E-state index contributed by atoms with van der Waals surface area (Å²) in [6.07, 6.45) is 0.203. The van der Waals surface area contributed by atoms with Crippen LogP contribution in [0.25, 0.3) is 0 Å². The number of hydrogen-bond acceptors (Lipinski definition) is 4. The summed E-state index contributed by atoms with van der Waals surface area (Å²) in [5.41, 5.74) is 0.742. The molecule has 2 amide bonds. The Morgan fingerprint density at radius 3 is 2.25 bits per heavy atom. The highest BCUT2D eigenvalue weighted by atomic mass is 16.5. The Balaban J connectivity index is 2.64. The molecule has 24 heavy (non-hydrogen) atoms. The lowest BCUT2D eigenvalue weighted by molar-refractivity contribution is -0.143. The van der Waals surface area contributed by atoms with Gasteiger partial charge in [-0.1, -0.05) is 32.0 Å². The van der Waals surface area contributed by atoms with Crippen LogP contribution in [-0.2, 0) is 9.53 Å². The van der Waals surface area contributed by atoms with Gasteiger partial charge in [0.15, 0.2) is 0 Å². The molecule has 0 aliphatic heterocycles. The van der Waals surface area contributed by atoms with Gasteiger partial charge in [0.2, 0.25) is 0 Å². The van der Waals surface area contributed by atoms with Crippen molar-refractivity contribution in [1.82, 2.24) is 9.80 Å². The molecule has 1 rings (SSSR count). The van der Waals surface area contributed by atoms with Gasteiger partial charge in [-0.2, -0.15) is 0 Å². The predicted octanol–water partition coefficient (Wildman–Crippen LogP) is 2.82. The molecule has 0 spiro atoms. The van der Waals surface area contributed by atoms with Crippen LogP contribution in [-0.4, -0.2) is 61.1 Å². The topological polar surface area (TPSA) is 61.9 Å². The Morgan fingerprint density at radius 1 is 1.00 bits per heavy atom. The maximum atomic E-state index is 12.5. The monoisotopic (exact) mass is 335 g/mol. The number of ether oxygens (including phenoxy) is 1. The number of urea groups is 1. The Bertz CT molecular complexity index is 490. The zero-order valence-corrected chi connectivity index (χ0v) is 15.0. The van der Waals surface area contributed by atoms with Gasteiger partial charge in [0.25, 0.3) is 0 Å². The van der Waals surface area contributed by atoms with E-state index in [0.29, 0.717) is 19.7 Å². The molecule has 1 aromatic rings. The number of nitrogens with one attached hydrogen (secondary N) is 1. The molecule has 0 aliphatic carbocycles. The van der Waals surface area contributed by atoms with E-state index in [1.165, 1.54) is 0 Å². The summed E-state index contributed by atoms with van der Waals surface area (Å²) < 4.78 is 4.95. The van der Waals surface area contributed by atoms with Gasteiger partial charge >= 0.3 is 12.0 Å². The summed E-state index contributed by atoms with van der Waals surface area (Å²) in [5, 5.41) is 2.87. The number of nitrogens with zero attached hydrogens (tertiary/aromatic N) is 2. The van der Waals surface area contributed by atoms with Crippen LogP contribution in [0, 0.1) is 0 Å². The van der Waals surface area contributed by atoms with Crippen LogP contribution in [0.1, 0.15) is 27.2 Å². The number of anilines is 1. The molecule has 0 aliphatic rings. The molecular weight excluding hydrogens is 306 g/mol. The van der Waals surface area contributed by atoms with Gasteiger partial charge in [0.1, 0.15) is 0 Å². The SMILES string of the molecule is CCOC(=O)CCN(CCN(CC)CC)C(=O)Nc1ccccc1. The first-order valence-corrected chi connectivity index (χ1v) is 8.59. The van der Waals surface area contributed by atoms with E-state index in [1.807, 2.05) is 30.3 Å². The van der Waals surface area contributed by atoms with Crippen molar-refractivity contribution < 1.29 is 14.3 Å². The number of likely N-dealkylation sites (N-methyl/N-ethyl adjacent to an activating group) is 1. The fourth-order valence-corrected chi connectivity index (χ4v) is 2.30. The number of para-hydroxylation sites is 1. The van der Waals surface area contributed by atoms with E-state index < -0.39 is 0 Å². The van der Waals surface area contributed by atoms with Crippen molar-refractivity contribution in [3.8, 4) is 0 Å². The van der Waals surface area contributed by atoms with E-state index >= 15 is 0 Å². The van der Waals surface area contributed by atoms with Crippen molar-refractivity contribution >= 4 is 17.7 Å². The molecule has 1 aromatic carbocycles. The number of amides is 2. The van der Waals surface area contributed by atoms with Crippen molar-refractivity contribution in [1.29, 1.82) is 0 Å². The average molecular weight is 335 g/mol. The van der Waals surface area contributed by atoms with Crippen molar-refractivity contribution in [2.75, 3.05) is 44.6 Å². The second kappa shape index (κ2) is 11.5. The Morgan fingerprint density at radius 2 is 1.67 bits per heavy atom. The summed E-state index contributed by atoms with van der Waals surface area (Å²) in [5.74, 6) is -0.280. The fraction of sp³-hybridized carbons (Fsp3) is 0.556. The molecule has 1 N–H and O–H groups in total. The normalized spacial score (nSPS) is 10.5. The first-order chi connectivity index (χ1) is 11.6.